The van der Waals surface area contributed by atoms with Crippen LogP contribution < -0.4 is 14.5 Å². The molecule has 6 atom stereocenters. The molecule has 1 aromatic heterocycles. The third-order valence-electron chi connectivity index (χ3n) is 18.2. The summed E-state index contributed by atoms with van der Waals surface area (Å²) in [6, 6.07) is 98.3. The van der Waals surface area contributed by atoms with E-state index in [0.29, 0.717) is 0 Å². The van der Waals surface area contributed by atoms with Crippen molar-refractivity contribution in [1.82, 2.24) is 0 Å². The summed E-state index contributed by atoms with van der Waals surface area (Å²) in [6.07, 6.45) is 11.0. The highest BCUT2D eigenvalue weighted by atomic mass is 16.5. The van der Waals surface area contributed by atoms with Gasteiger partial charge in [-0.1, -0.05) is 273 Å². The van der Waals surface area contributed by atoms with Gasteiger partial charge in [-0.15, -0.1) is 0 Å². The largest absolute Gasteiger partial charge is 0.482 e. The summed E-state index contributed by atoms with van der Waals surface area (Å²) in [6.45, 7) is 0. The SMILES string of the molecule is C1=CC2c3cccc(N(C4=CC5C(OC6C=C(N(c7ccccc7-c7ccccc7)c7cccc8c7oc7c(-c9ccccc9)cccc78)c7ccccc7C65)c5ccccc54)c4ccccc4-c4ccccc4)c3OC2C(c2ccccc2)=C1. The van der Waals surface area contributed by atoms with Gasteiger partial charge in [-0.3, -0.25) is 0 Å². The van der Waals surface area contributed by atoms with E-state index in [2.05, 4.69) is 313 Å². The van der Waals surface area contributed by atoms with Crippen LogP contribution in [0.4, 0.5) is 22.7 Å². The minimum Gasteiger partial charge on any atom is -0.482 e. The zero-order valence-corrected chi connectivity index (χ0v) is 46.5. The fourth-order valence-electron chi connectivity index (χ4n) is 14.5. The number of para-hydroxylation sites is 5. The molecule has 0 N–H and O–H groups in total. The average molecular weight is 1090 g/mol. The van der Waals surface area contributed by atoms with Crippen LogP contribution in [-0.4, -0.2) is 12.2 Å². The van der Waals surface area contributed by atoms with Gasteiger partial charge >= 0.3 is 0 Å². The fourth-order valence-corrected chi connectivity index (χ4v) is 14.5. The normalized spacial score (nSPS) is 19.5. The third kappa shape index (κ3) is 7.95. The molecule has 3 heterocycles. The lowest BCUT2D eigenvalue weighted by atomic mass is 9.72. The van der Waals surface area contributed by atoms with Gasteiger partial charge in [0.1, 0.15) is 17.4 Å². The number of fused-ring (bicyclic) bond motifs is 13. The van der Waals surface area contributed by atoms with Crippen LogP contribution in [0.2, 0.25) is 0 Å². The zero-order valence-electron chi connectivity index (χ0n) is 46.5. The van der Waals surface area contributed by atoms with E-state index in [9.17, 15) is 0 Å². The molecule has 17 rings (SSSR count). The molecule has 12 aromatic rings. The first-order valence-corrected chi connectivity index (χ1v) is 29.6. The van der Waals surface area contributed by atoms with Crippen LogP contribution in [0.3, 0.4) is 0 Å². The number of nitrogens with zero attached hydrogens (tertiary/aromatic N) is 2. The molecule has 2 aliphatic heterocycles. The maximum Gasteiger partial charge on any atom is 0.159 e. The van der Waals surface area contributed by atoms with Crippen molar-refractivity contribution in [2.75, 3.05) is 9.80 Å². The molecule has 1 fully saturated rings. The Hall–Kier alpha value is -10.5. The minimum absolute atomic E-state index is 0.0366. The molecule has 0 bridgehead atoms. The number of furan rings is 1. The highest BCUT2D eigenvalue weighted by Gasteiger charge is 2.51. The summed E-state index contributed by atoms with van der Waals surface area (Å²) in [4.78, 5) is 4.96. The van der Waals surface area contributed by atoms with Gasteiger partial charge in [-0.05, 0) is 63.7 Å². The highest BCUT2D eigenvalue weighted by Crippen LogP contribution is 2.61. The summed E-state index contributed by atoms with van der Waals surface area (Å²) >= 11 is 0. The van der Waals surface area contributed by atoms with E-state index in [-0.39, 0.29) is 36.1 Å². The van der Waals surface area contributed by atoms with Gasteiger partial charge in [0.2, 0.25) is 0 Å². The molecule has 0 radical (unpaired) electrons. The van der Waals surface area contributed by atoms with Crippen LogP contribution >= 0.6 is 0 Å². The number of benzene rings is 11. The Bertz CT molecular complexity index is 4710. The molecule has 5 nitrogen and oxygen atoms in total. The minimum atomic E-state index is -0.304. The molecule has 5 aliphatic rings. The Balaban J connectivity index is 0.858. The van der Waals surface area contributed by atoms with Crippen molar-refractivity contribution in [3.63, 3.8) is 0 Å². The Morgan fingerprint density at radius 1 is 0.341 bits per heavy atom. The second kappa shape index (κ2) is 20.2. The molecule has 11 aromatic carbocycles. The quantitative estimate of drug-likeness (QED) is 0.136. The predicted molar refractivity (Wildman–Crippen MR) is 347 cm³/mol. The monoisotopic (exact) mass is 1090 g/mol. The van der Waals surface area contributed by atoms with Crippen LogP contribution in [0.5, 0.6) is 5.75 Å². The van der Waals surface area contributed by atoms with E-state index in [4.69, 9.17) is 13.9 Å². The summed E-state index contributed by atoms with van der Waals surface area (Å²) in [7, 11) is 0. The van der Waals surface area contributed by atoms with Gasteiger partial charge in [0, 0.05) is 67.5 Å². The van der Waals surface area contributed by atoms with E-state index in [1.54, 1.807) is 0 Å². The molecule has 5 heteroatoms. The van der Waals surface area contributed by atoms with Gasteiger partial charge in [-0.2, -0.15) is 0 Å². The second-order valence-corrected chi connectivity index (χ2v) is 22.8. The molecular weight excluding hydrogens is 1040 g/mol. The molecule has 0 amide bonds. The smallest absolute Gasteiger partial charge is 0.159 e. The molecule has 404 valence electrons. The summed E-state index contributed by atoms with van der Waals surface area (Å²) in [5, 5.41) is 2.14. The Labute approximate surface area is 494 Å². The first kappa shape index (κ1) is 49.2. The van der Waals surface area contributed by atoms with Crippen LogP contribution in [-0.2, 0) is 4.74 Å². The van der Waals surface area contributed by atoms with E-state index in [0.717, 1.165) is 106 Å². The highest BCUT2D eigenvalue weighted by molar-refractivity contribution is 6.15. The number of anilines is 4. The van der Waals surface area contributed by atoms with Crippen LogP contribution in [0.15, 0.2) is 308 Å². The van der Waals surface area contributed by atoms with Crippen molar-refractivity contribution >= 4 is 61.7 Å². The van der Waals surface area contributed by atoms with Gasteiger partial charge in [0.15, 0.2) is 5.58 Å². The second-order valence-electron chi connectivity index (χ2n) is 22.8. The van der Waals surface area contributed by atoms with Crippen molar-refractivity contribution in [2.24, 2.45) is 5.92 Å². The topological polar surface area (TPSA) is 38.1 Å². The number of allylic oxidation sites excluding steroid dienone is 2. The van der Waals surface area contributed by atoms with E-state index < -0.39 is 0 Å². The standard InChI is InChI=1S/C80H56N2O3/c1-5-25-51(26-6-1)55-33-17-19-45-68(55)81(70-47-23-43-65-63-41-21-39-57(76(63)84-79(65)70)53-29-9-3-10-30-53)72-49-67-75-61-37-15-13-35-59(61)73(50-74(75)83-78(67)62-38-16-14-36-60(62)72)82(69-46-20-18-34-56(69)52-27-7-2-8-28-52)71-48-24-44-66-64-42-22-40-58(77(64)85-80(66)71)54-31-11-4-12-32-54/h1-50,63,67,74-76,78H. The van der Waals surface area contributed by atoms with Crippen molar-refractivity contribution in [3.8, 4) is 39.1 Å². The fraction of sp³-hybridized carbons (Fsp3) is 0.0750. The molecule has 1 saturated heterocycles. The molecule has 0 saturated carbocycles. The molecule has 85 heavy (non-hydrogen) atoms. The Morgan fingerprint density at radius 3 is 1.48 bits per heavy atom. The molecule has 3 aliphatic carbocycles. The van der Waals surface area contributed by atoms with Crippen molar-refractivity contribution in [2.45, 2.75) is 30.1 Å². The van der Waals surface area contributed by atoms with Crippen LogP contribution in [0, 0.1) is 5.92 Å². The first-order valence-electron chi connectivity index (χ1n) is 29.6. The summed E-state index contributed by atoms with van der Waals surface area (Å²) < 4.78 is 22.4. The number of rotatable bonds is 10. The van der Waals surface area contributed by atoms with Crippen molar-refractivity contribution in [3.05, 3.63) is 337 Å². The molecule has 0 spiro atoms. The van der Waals surface area contributed by atoms with Gasteiger partial charge < -0.3 is 23.7 Å². The zero-order chi connectivity index (χ0) is 56.0. The Morgan fingerprint density at radius 2 is 0.812 bits per heavy atom. The van der Waals surface area contributed by atoms with E-state index in [1.807, 2.05) is 0 Å². The maximum atomic E-state index is 7.72. The lowest BCUT2D eigenvalue weighted by molar-refractivity contribution is 0.0597. The van der Waals surface area contributed by atoms with Gasteiger partial charge in [-0.25, -0.2) is 0 Å². The summed E-state index contributed by atoms with van der Waals surface area (Å²) in [5.41, 5.74) is 22.8. The van der Waals surface area contributed by atoms with Crippen LogP contribution in [0.1, 0.15) is 51.3 Å². The third-order valence-corrected chi connectivity index (χ3v) is 18.2. The number of ether oxygens (including phenoxy) is 2. The van der Waals surface area contributed by atoms with E-state index in [1.165, 1.54) is 27.8 Å². The van der Waals surface area contributed by atoms with Crippen LogP contribution in [0.25, 0.3) is 72.3 Å². The van der Waals surface area contributed by atoms with Gasteiger partial charge in [0.05, 0.1) is 46.4 Å². The Kier molecular flexibility index (Phi) is 11.7. The molecule has 6 unspecified atom stereocenters. The van der Waals surface area contributed by atoms with Crippen molar-refractivity contribution < 1.29 is 13.9 Å². The lowest BCUT2D eigenvalue weighted by Gasteiger charge is -2.38. The van der Waals surface area contributed by atoms with Crippen molar-refractivity contribution in [1.29, 1.82) is 0 Å². The summed E-state index contributed by atoms with van der Waals surface area (Å²) in [5.74, 6) is 0.853. The van der Waals surface area contributed by atoms with Gasteiger partial charge in [0.25, 0.3) is 0 Å². The number of hydrogen-bond acceptors (Lipinski definition) is 5. The number of hydrogen-bond donors (Lipinski definition) is 0. The van der Waals surface area contributed by atoms with E-state index >= 15 is 0 Å². The maximum absolute atomic E-state index is 7.72. The first-order chi connectivity index (χ1) is 42.2. The predicted octanol–water partition coefficient (Wildman–Crippen LogP) is 20.3. The lowest BCUT2D eigenvalue weighted by Crippen LogP contribution is -2.28. The molecular formula is C80H56N2O3. The average Bonchev–Trinajstić information content (AvgIpc) is 2.50.